The molecule has 0 unspecified atom stereocenters. The van der Waals surface area contributed by atoms with Gasteiger partial charge >= 0.3 is 0 Å². The van der Waals surface area contributed by atoms with Crippen LogP contribution in [0.25, 0.3) is 27.9 Å². The standard InChI is InChI=1S/C19H18N3/c1-13-7-10-17(21(3)12-13)15-8-9-16-19(14(15)2)22-11-5-4-6-18(22)20-16/h4-12H,1-3H3/q+1/i1D3. The summed E-state index contributed by atoms with van der Waals surface area (Å²) in [5.41, 5.74) is 6.44. The van der Waals surface area contributed by atoms with Crippen LogP contribution in [0.1, 0.15) is 15.2 Å². The third-order valence-electron chi connectivity index (χ3n) is 4.13. The molecule has 1 aromatic carbocycles. The van der Waals surface area contributed by atoms with Crippen LogP contribution < -0.4 is 4.57 Å². The molecule has 0 bridgehead atoms. The molecule has 0 aliphatic heterocycles. The highest BCUT2D eigenvalue weighted by Crippen LogP contribution is 2.28. The Bertz CT molecular complexity index is 1110. The number of aromatic nitrogens is 3. The summed E-state index contributed by atoms with van der Waals surface area (Å²) in [7, 11) is 1.88. The average molecular weight is 291 g/mol. The molecule has 0 N–H and O–H groups in total. The van der Waals surface area contributed by atoms with Gasteiger partial charge in [0.2, 0.25) is 5.69 Å². The lowest BCUT2D eigenvalue weighted by Crippen LogP contribution is -2.31. The number of nitrogens with zero attached hydrogens (tertiary/aromatic N) is 3. The Morgan fingerprint density at radius 2 is 2.05 bits per heavy atom. The van der Waals surface area contributed by atoms with Gasteiger partial charge in [0.05, 0.1) is 16.6 Å². The molecule has 0 fully saturated rings. The number of fused-ring (bicyclic) bond motifs is 3. The summed E-state index contributed by atoms with van der Waals surface area (Å²) in [6.07, 6.45) is 3.69. The molecule has 0 aliphatic carbocycles. The number of rotatable bonds is 1. The van der Waals surface area contributed by atoms with E-state index in [1.807, 2.05) is 48.1 Å². The first-order valence-corrected chi connectivity index (χ1v) is 7.23. The first kappa shape index (κ1) is 10.1. The van der Waals surface area contributed by atoms with E-state index < -0.39 is 6.85 Å². The summed E-state index contributed by atoms with van der Waals surface area (Å²) < 4.78 is 26.7. The maximum Gasteiger partial charge on any atom is 0.212 e. The van der Waals surface area contributed by atoms with Gasteiger partial charge in [0.1, 0.15) is 12.7 Å². The second-order valence-corrected chi connectivity index (χ2v) is 5.56. The Hall–Kier alpha value is -2.68. The Balaban J connectivity index is 1.96. The summed E-state index contributed by atoms with van der Waals surface area (Å²) in [5.74, 6) is 0. The van der Waals surface area contributed by atoms with Crippen LogP contribution in [0.4, 0.5) is 0 Å². The van der Waals surface area contributed by atoms with Gasteiger partial charge in [0.25, 0.3) is 0 Å². The SMILES string of the molecule is [2H]C([2H])([2H])c1ccc(-c2ccc3nc4ccccn4c3c2C)[n+](C)c1. The highest BCUT2D eigenvalue weighted by molar-refractivity contribution is 5.88. The molecule has 3 nitrogen and oxygen atoms in total. The van der Waals surface area contributed by atoms with E-state index >= 15 is 0 Å². The van der Waals surface area contributed by atoms with Crippen molar-refractivity contribution >= 4 is 16.7 Å². The number of imidazole rings is 1. The fourth-order valence-electron chi connectivity index (χ4n) is 3.08. The van der Waals surface area contributed by atoms with Crippen LogP contribution >= 0.6 is 0 Å². The van der Waals surface area contributed by atoms with E-state index in [2.05, 4.69) is 22.4 Å². The molecule has 0 saturated carbocycles. The first-order chi connectivity index (χ1) is 11.9. The zero-order chi connectivity index (χ0) is 17.8. The predicted molar refractivity (Wildman–Crippen MR) is 88.8 cm³/mol. The van der Waals surface area contributed by atoms with E-state index in [1.165, 1.54) is 0 Å². The fraction of sp³-hybridized carbons (Fsp3) is 0.158. The molecule has 22 heavy (non-hydrogen) atoms. The summed E-state index contributed by atoms with van der Waals surface area (Å²) in [4.78, 5) is 4.66. The highest BCUT2D eigenvalue weighted by Gasteiger charge is 2.16. The van der Waals surface area contributed by atoms with E-state index in [0.717, 1.165) is 33.5 Å². The molecule has 3 aromatic heterocycles. The minimum absolute atomic E-state index is 0.340. The fourth-order valence-corrected chi connectivity index (χ4v) is 3.08. The molecule has 0 spiro atoms. The Labute approximate surface area is 133 Å². The van der Waals surface area contributed by atoms with Crippen molar-refractivity contribution in [2.24, 2.45) is 7.05 Å². The molecule has 3 heteroatoms. The molecule has 4 rings (SSSR count). The number of hydrogen-bond acceptors (Lipinski definition) is 1. The largest absolute Gasteiger partial charge is 0.299 e. The van der Waals surface area contributed by atoms with Crippen LogP contribution in [0.5, 0.6) is 0 Å². The molecule has 3 heterocycles. The van der Waals surface area contributed by atoms with Crippen molar-refractivity contribution in [1.82, 2.24) is 9.38 Å². The molecule has 108 valence electrons. The Morgan fingerprint density at radius 1 is 1.14 bits per heavy atom. The minimum Gasteiger partial charge on any atom is -0.299 e. The van der Waals surface area contributed by atoms with Crippen molar-refractivity contribution in [1.29, 1.82) is 0 Å². The van der Waals surface area contributed by atoms with Crippen LogP contribution in [-0.4, -0.2) is 9.38 Å². The van der Waals surface area contributed by atoms with Gasteiger partial charge in [-0.3, -0.25) is 4.40 Å². The smallest absolute Gasteiger partial charge is 0.212 e. The average Bonchev–Trinajstić information content (AvgIpc) is 2.94. The van der Waals surface area contributed by atoms with E-state index in [-0.39, 0.29) is 0 Å². The van der Waals surface area contributed by atoms with Gasteiger partial charge in [-0.05, 0) is 49.7 Å². The summed E-state index contributed by atoms with van der Waals surface area (Å²) >= 11 is 0. The van der Waals surface area contributed by atoms with E-state index in [9.17, 15) is 0 Å². The van der Waals surface area contributed by atoms with Crippen LogP contribution in [0.15, 0.2) is 54.9 Å². The van der Waals surface area contributed by atoms with E-state index in [4.69, 9.17) is 4.11 Å². The van der Waals surface area contributed by atoms with Crippen molar-refractivity contribution < 1.29 is 8.68 Å². The van der Waals surface area contributed by atoms with Crippen molar-refractivity contribution in [3.63, 3.8) is 0 Å². The molecular formula is C19H18N3+. The topological polar surface area (TPSA) is 21.2 Å². The van der Waals surface area contributed by atoms with Crippen LogP contribution in [0.3, 0.4) is 0 Å². The van der Waals surface area contributed by atoms with Crippen molar-refractivity contribution in [3.8, 4) is 11.3 Å². The van der Waals surface area contributed by atoms with Crippen molar-refractivity contribution in [2.45, 2.75) is 13.8 Å². The number of pyridine rings is 2. The Morgan fingerprint density at radius 3 is 2.86 bits per heavy atom. The maximum atomic E-state index is 7.57. The van der Waals surface area contributed by atoms with Gasteiger partial charge in [-0.15, -0.1) is 0 Å². The number of benzene rings is 1. The highest BCUT2D eigenvalue weighted by atomic mass is 15.0. The maximum absolute atomic E-state index is 7.57. The Kier molecular flexibility index (Phi) is 2.15. The van der Waals surface area contributed by atoms with E-state index in [1.54, 1.807) is 12.3 Å². The molecule has 0 aliphatic rings. The molecule has 0 saturated heterocycles. The molecule has 0 amide bonds. The second kappa shape index (κ2) is 4.67. The lowest BCUT2D eigenvalue weighted by molar-refractivity contribution is -0.660. The summed E-state index contributed by atoms with van der Waals surface area (Å²) in [5, 5.41) is 0. The van der Waals surface area contributed by atoms with Crippen LogP contribution in [0, 0.1) is 13.8 Å². The zero-order valence-corrected chi connectivity index (χ0v) is 12.5. The van der Waals surface area contributed by atoms with Crippen LogP contribution in [-0.2, 0) is 7.05 Å². The van der Waals surface area contributed by atoms with Gasteiger partial charge in [0, 0.05) is 21.9 Å². The zero-order valence-electron chi connectivity index (χ0n) is 15.5. The monoisotopic (exact) mass is 291 g/mol. The van der Waals surface area contributed by atoms with E-state index in [0.29, 0.717) is 5.56 Å². The van der Waals surface area contributed by atoms with Crippen LogP contribution in [0.2, 0.25) is 0 Å². The summed E-state index contributed by atoms with van der Waals surface area (Å²) in [6.45, 7) is -0.0204. The van der Waals surface area contributed by atoms with Gasteiger partial charge in [0.15, 0.2) is 6.20 Å². The van der Waals surface area contributed by atoms with Gasteiger partial charge in [-0.1, -0.05) is 6.07 Å². The third kappa shape index (κ3) is 1.82. The number of aryl methyl sites for hydroxylation is 3. The molecule has 0 atom stereocenters. The summed E-state index contributed by atoms with van der Waals surface area (Å²) in [6, 6.07) is 13.6. The lowest BCUT2D eigenvalue weighted by Gasteiger charge is -2.07. The third-order valence-corrected chi connectivity index (χ3v) is 4.13. The normalized spacial score (nSPS) is 14.0. The van der Waals surface area contributed by atoms with Gasteiger partial charge in [-0.25, -0.2) is 9.55 Å². The predicted octanol–water partition coefficient (Wildman–Crippen LogP) is 3.60. The van der Waals surface area contributed by atoms with Crippen molar-refractivity contribution in [2.75, 3.05) is 0 Å². The number of hydrogen-bond donors (Lipinski definition) is 0. The minimum atomic E-state index is -2.10. The molecule has 4 aromatic rings. The first-order valence-electron chi connectivity index (χ1n) is 8.73. The van der Waals surface area contributed by atoms with Gasteiger partial charge in [-0.2, -0.15) is 0 Å². The quantitative estimate of drug-likeness (QED) is 0.491. The van der Waals surface area contributed by atoms with Crippen molar-refractivity contribution in [3.05, 3.63) is 66.0 Å². The second-order valence-electron chi connectivity index (χ2n) is 5.56. The molecular weight excluding hydrogens is 270 g/mol. The molecule has 0 radical (unpaired) electrons. The van der Waals surface area contributed by atoms with Gasteiger partial charge < -0.3 is 0 Å². The lowest BCUT2D eigenvalue weighted by atomic mass is 10.0.